The number of aromatic nitrogens is 1. The van der Waals surface area contributed by atoms with E-state index in [1.54, 1.807) is 0 Å². The Kier molecular flexibility index (Phi) is 4.96. The molecule has 0 spiro atoms. The summed E-state index contributed by atoms with van der Waals surface area (Å²) >= 11 is 0. The number of nitrogens with one attached hydrogen (secondary N) is 1. The van der Waals surface area contributed by atoms with E-state index >= 15 is 0 Å². The van der Waals surface area contributed by atoms with Crippen LogP contribution in [0.4, 0.5) is 11.5 Å². The fourth-order valence-corrected chi connectivity index (χ4v) is 3.32. The van der Waals surface area contributed by atoms with Gasteiger partial charge in [0.05, 0.1) is 25.1 Å². The number of hydrogen-bond acceptors (Lipinski definition) is 4. The SMILES string of the molecule is CC1CCCC(Nc2ccc(N3CCOCC3)nc2)CC1. The summed E-state index contributed by atoms with van der Waals surface area (Å²) in [5.41, 5.74) is 1.16. The van der Waals surface area contributed by atoms with Crippen molar-refractivity contribution >= 4 is 11.5 Å². The van der Waals surface area contributed by atoms with E-state index in [1.807, 2.05) is 6.20 Å². The first-order valence-corrected chi connectivity index (χ1v) is 8.36. The maximum absolute atomic E-state index is 5.38. The molecule has 4 heteroatoms. The Bertz CT molecular complexity index is 428. The van der Waals surface area contributed by atoms with Gasteiger partial charge in [0.15, 0.2) is 0 Å². The van der Waals surface area contributed by atoms with E-state index in [0.29, 0.717) is 6.04 Å². The Balaban J connectivity index is 1.56. The molecule has 1 aromatic rings. The van der Waals surface area contributed by atoms with Crippen molar-refractivity contribution in [3.8, 4) is 0 Å². The van der Waals surface area contributed by atoms with Crippen molar-refractivity contribution in [1.29, 1.82) is 0 Å². The molecule has 116 valence electrons. The van der Waals surface area contributed by atoms with E-state index in [0.717, 1.165) is 43.7 Å². The highest BCUT2D eigenvalue weighted by Gasteiger charge is 2.16. The van der Waals surface area contributed by atoms with Crippen molar-refractivity contribution < 1.29 is 4.74 Å². The van der Waals surface area contributed by atoms with Gasteiger partial charge in [-0.05, 0) is 37.3 Å². The summed E-state index contributed by atoms with van der Waals surface area (Å²) in [6, 6.07) is 4.92. The summed E-state index contributed by atoms with van der Waals surface area (Å²) in [5.74, 6) is 1.96. The third-order valence-corrected chi connectivity index (χ3v) is 4.71. The van der Waals surface area contributed by atoms with Crippen LogP contribution in [-0.4, -0.2) is 37.3 Å². The Hall–Kier alpha value is -1.29. The molecule has 0 amide bonds. The molecule has 2 unspecified atom stereocenters. The molecule has 4 nitrogen and oxygen atoms in total. The second-order valence-corrected chi connectivity index (χ2v) is 6.46. The number of hydrogen-bond donors (Lipinski definition) is 1. The normalized spacial score (nSPS) is 27.2. The van der Waals surface area contributed by atoms with E-state index in [1.165, 1.54) is 32.1 Å². The van der Waals surface area contributed by atoms with Crippen molar-refractivity contribution in [2.45, 2.75) is 45.1 Å². The minimum Gasteiger partial charge on any atom is -0.381 e. The summed E-state index contributed by atoms with van der Waals surface area (Å²) < 4.78 is 5.38. The van der Waals surface area contributed by atoms with Gasteiger partial charge in [0.2, 0.25) is 0 Å². The predicted molar refractivity (Wildman–Crippen MR) is 86.9 cm³/mol. The quantitative estimate of drug-likeness (QED) is 0.866. The number of pyridine rings is 1. The minimum atomic E-state index is 0.617. The molecule has 1 saturated heterocycles. The standard InChI is InChI=1S/C17H27N3O/c1-14-3-2-4-15(6-5-14)19-16-7-8-17(18-13-16)20-9-11-21-12-10-20/h7-8,13-15,19H,2-6,9-12H2,1H3. The molecule has 2 atom stereocenters. The first-order chi connectivity index (χ1) is 10.3. The van der Waals surface area contributed by atoms with E-state index < -0.39 is 0 Å². The number of rotatable bonds is 3. The third-order valence-electron chi connectivity index (χ3n) is 4.71. The van der Waals surface area contributed by atoms with Gasteiger partial charge >= 0.3 is 0 Å². The van der Waals surface area contributed by atoms with Crippen LogP contribution in [0.1, 0.15) is 39.0 Å². The Labute approximate surface area is 127 Å². The summed E-state index contributed by atoms with van der Waals surface area (Å²) in [5, 5.41) is 3.67. The van der Waals surface area contributed by atoms with Crippen LogP contribution in [0.2, 0.25) is 0 Å². The van der Waals surface area contributed by atoms with Crippen molar-refractivity contribution in [3.05, 3.63) is 18.3 Å². The topological polar surface area (TPSA) is 37.4 Å². The second kappa shape index (κ2) is 7.12. The number of nitrogens with zero attached hydrogens (tertiary/aromatic N) is 2. The molecule has 0 bridgehead atoms. The summed E-state index contributed by atoms with van der Waals surface area (Å²) in [7, 11) is 0. The Morgan fingerprint density at radius 1 is 1.14 bits per heavy atom. The van der Waals surface area contributed by atoms with Gasteiger partial charge in [-0.1, -0.05) is 19.8 Å². The van der Waals surface area contributed by atoms with Crippen molar-refractivity contribution in [2.24, 2.45) is 5.92 Å². The van der Waals surface area contributed by atoms with Crippen LogP contribution < -0.4 is 10.2 Å². The number of ether oxygens (including phenoxy) is 1. The van der Waals surface area contributed by atoms with Gasteiger partial charge in [-0.2, -0.15) is 0 Å². The van der Waals surface area contributed by atoms with Crippen LogP contribution in [0, 0.1) is 5.92 Å². The number of anilines is 2. The average Bonchev–Trinajstić information content (AvgIpc) is 2.74. The molecular weight excluding hydrogens is 262 g/mol. The average molecular weight is 289 g/mol. The van der Waals surface area contributed by atoms with Crippen LogP contribution in [0.25, 0.3) is 0 Å². The fourth-order valence-electron chi connectivity index (χ4n) is 3.32. The molecule has 1 aliphatic carbocycles. The Morgan fingerprint density at radius 2 is 2.00 bits per heavy atom. The van der Waals surface area contributed by atoms with Gasteiger partial charge in [-0.15, -0.1) is 0 Å². The zero-order valence-corrected chi connectivity index (χ0v) is 13.1. The highest BCUT2D eigenvalue weighted by atomic mass is 16.5. The molecule has 1 aromatic heterocycles. The van der Waals surface area contributed by atoms with Crippen LogP contribution in [0.15, 0.2) is 18.3 Å². The maximum Gasteiger partial charge on any atom is 0.128 e. The molecule has 1 N–H and O–H groups in total. The molecule has 3 rings (SSSR count). The van der Waals surface area contributed by atoms with Gasteiger partial charge in [-0.3, -0.25) is 0 Å². The lowest BCUT2D eigenvalue weighted by molar-refractivity contribution is 0.122. The lowest BCUT2D eigenvalue weighted by Crippen LogP contribution is -2.36. The van der Waals surface area contributed by atoms with Crippen LogP contribution in [-0.2, 0) is 4.74 Å². The number of morpholine rings is 1. The molecule has 21 heavy (non-hydrogen) atoms. The molecule has 1 saturated carbocycles. The zero-order valence-electron chi connectivity index (χ0n) is 13.1. The van der Waals surface area contributed by atoms with Crippen LogP contribution in [0.5, 0.6) is 0 Å². The van der Waals surface area contributed by atoms with Gasteiger partial charge in [-0.25, -0.2) is 4.98 Å². The molecule has 2 heterocycles. The monoisotopic (exact) mass is 289 g/mol. The van der Waals surface area contributed by atoms with Crippen LogP contribution in [0.3, 0.4) is 0 Å². The second-order valence-electron chi connectivity index (χ2n) is 6.46. The summed E-state index contributed by atoms with van der Waals surface area (Å²) in [6.45, 7) is 5.88. The van der Waals surface area contributed by atoms with Gasteiger partial charge in [0, 0.05) is 19.1 Å². The summed E-state index contributed by atoms with van der Waals surface area (Å²) in [4.78, 5) is 6.91. The molecule has 0 radical (unpaired) electrons. The van der Waals surface area contributed by atoms with E-state index in [4.69, 9.17) is 4.74 Å². The molecular formula is C17H27N3O. The first-order valence-electron chi connectivity index (χ1n) is 8.36. The zero-order chi connectivity index (χ0) is 14.5. The fraction of sp³-hybridized carbons (Fsp3) is 0.706. The minimum absolute atomic E-state index is 0.617. The lowest BCUT2D eigenvalue weighted by atomic mass is 10.0. The van der Waals surface area contributed by atoms with Crippen molar-refractivity contribution in [3.63, 3.8) is 0 Å². The summed E-state index contributed by atoms with van der Waals surface area (Å²) in [6.07, 6.45) is 8.63. The molecule has 1 aliphatic heterocycles. The van der Waals surface area contributed by atoms with Crippen molar-refractivity contribution in [2.75, 3.05) is 36.5 Å². The van der Waals surface area contributed by atoms with Gasteiger partial charge in [0.25, 0.3) is 0 Å². The van der Waals surface area contributed by atoms with Crippen LogP contribution >= 0.6 is 0 Å². The third kappa shape index (κ3) is 4.10. The molecule has 2 fully saturated rings. The van der Waals surface area contributed by atoms with Crippen molar-refractivity contribution in [1.82, 2.24) is 4.98 Å². The predicted octanol–water partition coefficient (Wildman–Crippen LogP) is 3.30. The smallest absolute Gasteiger partial charge is 0.128 e. The lowest BCUT2D eigenvalue weighted by Gasteiger charge is -2.28. The largest absolute Gasteiger partial charge is 0.381 e. The Morgan fingerprint density at radius 3 is 2.76 bits per heavy atom. The van der Waals surface area contributed by atoms with E-state index in [-0.39, 0.29) is 0 Å². The van der Waals surface area contributed by atoms with Gasteiger partial charge in [0.1, 0.15) is 5.82 Å². The highest BCUT2D eigenvalue weighted by Crippen LogP contribution is 2.25. The maximum atomic E-state index is 5.38. The molecule has 2 aliphatic rings. The highest BCUT2D eigenvalue weighted by molar-refractivity contribution is 5.49. The molecule has 0 aromatic carbocycles. The van der Waals surface area contributed by atoms with E-state index in [2.05, 4.69) is 34.3 Å². The van der Waals surface area contributed by atoms with E-state index in [9.17, 15) is 0 Å². The van der Waals surface area contributed by atoms with Gasteiger partial charge < -0.3 is 15.0 Å². The first kappa shape index (κ1) is 14.6.